The molecule has 1 N–H and O–H groups in total. The van der Waals surface area contributed by atoms with E-state index < -0.39 is 0 Å². The van der Waals surface area contributed by atoms with Gasteiger partial charge in [0.2, 0.25) is 0 Å². The Labute approximate surface area is 344 Å². The number of aromatic hydroxyl groups is 1. The van der Waals surface area contributed by atoms with E-state index in [-0.39, 0.29) is 16.6 Å². The van der Waals surface area contributed by atoms with Crippen molar-refractivity contribution < 1.29 is 9.52 Å². The van der Waals surface area contributed by atoms with Crippen molar-refractivity contribution in [2.24, 2.45) is 0 Å². The zero-order chi connectivity index (χ0) is 40.6. The fraction of sp³-hybridized carbons (Fsp3) is 0.148. The van der Waals surface area contributed by atoms with Crippen molar-refractivity contribution in [3.05, 3.63) is 169 Å². The third-order valence-electron chi connectivity index (χ3n) is 11.6. The van der Waals surface area contributed by atoms with Crippen LogP contribution in [0, 0.1) is 0 Å². The van der Waals surface area contributed by atoms with Crippen LogP contribution in [-0.4, -0.2) is 19.6 Å². The van der Waals surface area contributed by atoms with Gasteiger partial charge < -0.3 is 9.52 Å². The summed E-state index contributed by atoms with van der Waals surface area (Å²) in [5.41, 5.74) is 12.7. The van der Waals surface area contributed by atoms with Crippen molar-refractivity contribution in [1.82, 2.24) is 14.5 Å². The van der Waals surface area contributed by atoms with E-state index in [4.69, 9.17) is 14.4 Å². The number of benzene rings is 7. The largest absolute Gasteiger partial charge is 0.507 e. The van der Waals surface area contributed by atoms with E-state index in [9.17, 15) is 5.11 Å². The highest BCUT2D eigenvalue weighted by Gasteiger charge is 2.28. The van der Waals surface area contributed by atoms with Crippen LogP contribution in [0.1, 0.15) is 52.7 Å². The van der Waals surface area contributed by atoms with Gasteiger partial charge in [-0.05, 0) is 93.1 Å². The summed E-state index contributed by atoms with van der Waals surface area (Å²) < 4.78 is 8.64. The molecule has 7 aromatic carbocycles. The summed E-state index contributed by atoms with van der Waals surface area (Å²) in [5, 5.41) is 16.5. The number of hydrogen-bond donors (Lipinski definition) is 1. The molecule has 3 heterocycles. The number of furan rings is 1. The second-order valence-electron chi connectivity index (χ2n) is 17.7. The van der Waals surface area contributed by atoms with Gasteiger partial charge in [0.15, 0.2) is 5.58 Å². The molecule has 0 aliphatic heterocycles. The molecule has 0 fully saturated rings. The fourth-order valence-electron chi connectivity index (χ4n) is 8.46. The van der Waals surface area contributed by atoms with E-state index in [0.717, 1.165) is 94.1 Å². The molecule has 0 amide bonds. The minimum atomic E-state index is -0.295. The van der Waals surface area contributed by atoms with Crippen LogP contribution < -0.4 is 0 Å². The van der Waals surface area contributed by atoms with Crippen molar-refractivity contribution in [3.8, 4) is 56.3 Å². The lowest BCUT2D eigenvalue weighted by molar-refractivity contribution is 0.446. The second kappa shape index (κ2) is 13.6. The standard InChI is InChI=1S/C54H45N3O2/c1-53(2,3)38-29-44(50(58)45(30-38)54(4,5)6)52-56-49-40(22-15-23-47(49)57(52)39-19-11-8-12-20-39)36-26-35(33-16-9-7-10-17-33)27-37(28-36)46-31-43-42-25-24-34-18-13-14-21-41(34)51(42)59-48(43)32-55-46/h7-32,58H,1-6H3. The van der Waals surface area contributed by atoms with Crippen molar-refractivity contribution in [2.45, 2.75) is 52.4 Å². The van der Waals surface area contributed by atoms with Crippen molar-refractivity contribution in [2.75, 3.05) is 0 Å². The molecule has 59 heavy (non-hydrogen) atoms. The van der Waals surface area contributed by atoms with Crippen LogP contribution in [0.15, 0.2) is 162 Å². The molecule has 0 saturated heterocycles. The Bertz CT molecular complexity index is 3230. The third-order valence-corrected chi connectivity index (χ3v) is 11.6. The van der Waals surface area contributed by atoms with Gasteiger partial charge in [-0.25, -0.2) is 4.98 Å². The van der Waals surface area contributed by atoms with Gasteiger partial charge in [0.1, 0.15) is 17.2 Å². The molecule has 0 spiro atoms. The smallest absolute Gasteiger partial charge is 0.153 e. The Kier molecular flexibility index (Phi) is 8.36. The zero-order valence-corrected chi connectivity index (χ0v) is 34.2. The number of aromatic nitrogens is 3. The molecule has 3 aromatic heterocycles. The van der Waals surface area contributed by atoms with Crippen LogP contribution in [0.5, 0.6) is 5.75 Å². The van der Waals surface area contributed by atoms with Gasteiger partial charge in [-0.15, -0.1) is 0 Å². The maximum Gasteiger partial charge on any atom is 0.153 e. The van der Waals surface area contributed by atoms with Gasteiger partial charge in [0.25, 0.3) is 0 Å². The highest BCUT2D eigenvalue weighted by Crippen LogP contribution is 2.45. The van der Waals surface area contributed by atoms with E-state index in [0.29, 0.717) is 11.4 Å². The lowest BCUT2D eigenvalue weighted by Gasteiger charge is -2.27. The van der Waals surface area contributed by atoms with Crippen LogP contribution >= 0.6 is 0 Å². The Morgan fingerprint density at radius 3 is 2.03 bits per heavy atom. The number of nitrogens with zero attached hydrogens (tertiary/aromatic N) is 3. The van der Waals surface area contributed by atoms with Gasteiger partial charge in [-0.2, -0.15) is 0 Å². The first-order valence-electron chi connectivity index (χ1n) is 20.3. The molecule has 0 atom stereocenters. The first kappa shape index (κ1) is 36.4. The second-order valence-corrected chi connectivity index (χ2v) is 17.7. The molecule has 5 nitrogen and oxygen atoms in total. The number of imidazole rings is 1. The third kappa shape index (κ3) is 6.25. The molecule has 5 heteroatoms. The summed E-state index contributed by atoms with van der Waals surface area (Å²) in [5.74, 6) is 0.952. The lowest BCUT2D eigenvalue weighted by atomic mass is 9.79. The fourth-order valence-corrected chi connectivity index (χ4v) is 8.46. The molecule has 0 radical (unpaired) electrons. The Hall–Kier alpha value is -6.98. The molecule has 10 rings (SSSR count). The van der Waals surface area contributed by atoms with E-state index in [1.54, 1.807) is 0 Å². The van der Waals surface area contributed by atoms with Crippen molar-refractivity contribution in [3.63, 3.8) is 0 Å². The highest BCUT2D eigenvalue weighted by molar-refractivity contribution is 6.15. The minimum Gasteiger partial charge on any atom is -0.507 e. The quantitative estimate of drug-likeness (QED) is 0.189. The summed E-state index contributed by atoms with van der Waals surface area (Å²) in [4.78, 5) is 10.5. The molecule has 0 aliphatic rings. The molecule has 0 unspecified atom stereocenters. The van der Waals surface area contributed by atoms with Gasteiger partial charge in [0, 0.05) is 38.5 Å². The van der Waals surface area contributed by atoms with Gasteiger partial charge in [0.05, 0.1) is 28.5 Å². The van der Waals surface area contributed by atoms with Crippen LogP contribution in [-0.2, 0) is 10.8 Å². The molecule has 0 aliphatic carbocycles. The number of fused-ring (bicyclic) bond motifs is 6. The predicted octanol–water partition coefficient (Wildman–Crippen LogP) is 14.4. The molecule has 0 saturated carbocycles. The Balaban J connectivity index is 1.22. The van der Waals surface area contributed by atoms with E-state index in [1.807, 2.05) is 30.5 Å². The maximum atomic E-state index is 12.2. The van der Waals surface area contributed by atoms with E-state index in [1.165, 1.54) is 0 Å². The lowest BCUT2D eigenvalue weighted by Crippen LogP contribution is -2.17. The van der Waals surface area contributed by atoms with Crippen molar-refractivity contribution >= 4 is 43.7 Å². The van der Waals surface area contributed by atoms with E-state index >= 15 is 0 Å². The number of rotatable bonds is 5. The molecule has 0 bridgehead atoms. The number of phenols is 1. The number of pyridine rings is 1. The van der Waals surface area contributed by atoms with E-state index in [2.05, 4.69) is 174 Å². The normalized spacial score (nSPS) is 12.3. The predicted molar refractivity (Wildman–Crippen MR) is 244 cm³/mol. The maximum absolute atomic E-state index is 12.2. The van der Waals surface area contributed by atoms with Crippen LogP contribution in [0.2, 0.25) is 0 Å². The molecular weight excluding hydrogens is 723 g/mol. The zero-order valence-electron chi connectivity index (χ0n) is 34.2. The summed E-state index contributed by atoms with van der Waals surface area (Å²) in [6, 6.07) is 53.0. The molecular formula is C54H45N3O2. The first-order chi connectivity index (χ1) is 28.4. The number of hydrogen-bond acceptors (Lipinski definition) is 4. The Morgan fingerprint density at radius 2 is 1.27 bits per heavy atom. The van der Waals surface area contributed by atoms with Gasteiger partial charge in [-0.3, -0.25) is 9.55 Å². The molecule has 288 valence electrons. The highest BCUT2D eigenvalue weighted by atomic mass is 16.3. The average molecular weight is 768 g/mol. The summed E-state index contributed by atoms with van der Waals surface area (Å²) in [7, 11) is 0. The van der Waals surface area contributed by atoms with Crippen LogP contribution in [0.4, 0.5) is 0 Å². The first-order valence-corrected chi connectivity index (χ1v) is 20.3. The molecule has 10 aromatic rings. The van der Waals surface area contributed by atoms with Gasteiger partial charge >= 0.3 is 0 Å². The monoisotopic (exact) mass is 767 g/mol. The van der Waals surface area contributed by atoms with Gasteiger partial charge in [-0.1, -0.05) is 139 Å². The van der Waals surface area contributed by atoms with Crippen molar-refractivity contribution in [1.29, 1.82) is 0 Å². The summed E-state index contributed by atoms with van der Waals surface area (Å²) in [6.07, 6.45) is 1.85. The minimum absolute atomic E-state index is 0.154. The topological polar surface area (TPSA) is 64.1 Å². The SMILES string of the molecule is CC(C)(C)c1cc(-c2nc3c(-c4cc(-c5ccccc5)cc(-c5cc6c(cn5)oc5c7ccccc7ccc65)c4)cccc3n2-c2ccccc2)c(O)c(C(C)(C)C)c1. The average Bonchev–Trinajstić information content (AvgIpc) is 3.82. The summed E-state index contributed by atoms with van der Waals surface area (Å²) in [6.45, 7) is 13.1. The Morgan fingerprint density at radius 1 is 0.559 bits per heavy atom. The summed E-state index contributed by atoms with van der Waals surface area (Å²) >= 11 is 0. The van der Waals surface area contributed by atoms with Crippen LogP contribution in [0.25, 0.3) is 94.3 Å². The number of phenolic OH excluding ortho intramolecular Hbond substituents is 1. The number of para-hydroxylation sites is 2. The van der Waals surface area contributed by atoms with Crippen LogP contribution in [0.3, 0.4) is 0 Å².